The van der Waals surface area contributed by atoms with E-state index in [9.17, 15) is 4.79 Å². The van der Waals surface area contributed by atoms with E-state index in [1.807, 2.05) is 12.1 Å². The maximum Gasteiger partial charge on any atom is 0.233 e. The van der Waals surface area contributed by atoms with E-state index in [2.05, 4.69) is 64.4 Å². The van der Waals surface area contributed by atoms with Crippen LogP contribution in [0.5, 0.6) is 0 Å². The molecule has 1 fully saturated rings. The van der Waals surface area contributed by atoms with Crippen molar-refractivity contribution >= 4 is 39.3 Å². The van der Waals surface area contributed by atoms with Crippen LogP contribution in [-0.2, 0) is 4.79 Å². The molecule has 0 radical (unpaired) electrons. The van der Waals surface area contributed by atoms with Crippen LogP contribution >= 0.6 is 11.6 Å². The molecule has 2 N–H and O–H groups in total. The first-order valence-corrected chi connectivity index (χ1v) is 12.5. The predicted molar refractivity (Wildman–Crippen MR) is 141 cm³/mol. The summed E-state index contributed by atoms with van der Waals surface area (Å²) in [6.45, 7) is 6.90. The van der Waals surface area contributed by atoms with Crippen LogP contribution in [0.3, 0.4) is 0 Å². The first-order chi connectivity index (χ1) is 16.4. The molecule has 1 amide bonds. The molecule has 0 unspecified atom stereocenters. The molecule has 0 aliphatic carbocycles. The van der Waals surface area contributed by atoms with Gasteiger partial charge < -0.3 is 10.3 Å². The maximum absolute atomic E-state index is 11.7. The molecule has 2 aromatic heterocycles. The fraction of sp³-hybridized carbons (Fsp3) is 0.357. The number of nitrogens with zero attached hydrogens (tertiary/aromatic N) is 2. The van der Waals surface area contributed by atoms with Crippen molar-refractivity contribution in [2.75, 3.05) is 26.7 Å². The summed E-state index contributed by atoms with van der Waals surface area (Å²) in [4.78, 5) is 22.1. The summed E-state index contributed by atoms with van der Waals surface area (Å²) in [5.41, 5.74) is 6.93. The van der Waals surface area contributed by atoms with Gasteiger partial charge in [0.2, 0.25) is 5.91 Å². The Morgan fingerprint density at radius 1 is 1.21 bits per heavy atom. The van der Waals surface area contributed by atoms with Crippen LogP contribution < -0.4 is 5.32 Å². The lowest BCUT2D eigenvalue weighted by Crippen LogP contribution is -2.40. The second-order valence-electron chi connectivity index (χ2n) is 9.63. The zero-order chi connectivity index (χ0) is 23.8. The van der Waals surface area contributed by atoms with E-state index in [1.54, 1.807) is 13.2 Å². The first kappa shape index (κ1) is 22.9. The average molecular weight is 475 g/mol. The Hall–Kier alpha value is -2.89. The Balaban J connectivity index is 1.49. The quantitative estimate of drug-likeness (QED) is 0.368. The molecular weight excluding hydrogens is 444 g/mol. The third kappa shape index (κ3) is 4.30. The molecule has 5 rings (SSSR count). The van der Waals surface area contributed by atoms with Gasteiger partial charge in [-0.3, -0.25) is 14.7 Å². The normalized spacial score (nSPS) is 15.4. The number of rotatable bonds is 5. The molecule has 176 valence electrons. The van der Waals surface area contributed by atoms with Crippen molar-refractivity contribution in [2.24, 2.45) is 0 Å². The summed E-state index contributed by atoms with van der Waals surface area (Å²) in [6.07, 6.45) is 3.93. The van der Waals surface area contributed by atoms with Gasteiger partial charge in [-0.2, -0.15) is 0 Å². The minimum Gasteiger partial charge on any atom is -0.358 e. The topological polar surface area (TPSA) is 61.0 Å². The number of H-pyrrole nitrogens is 1. The van der Waals surface area contributed by atoms with E-state index in [-0.39, 0.29) is 5.91 Å². The van der Waals surface area contributed by atoms with E-state index in [1.165, 1.54) is 16.5 Å². The number of amides is 1. The number of likely N-dealkylation sites (N-methyl/N-ethyl adjacent to an activating group) is 1. The minimum atomic E-state index is 0.0888. The molecule has 0 atom stereocenters. The lowest BCUT2D eigenvalue weighted by Gasteiger charge is -2.31. The second kappa shape index (κ2) is 9.40. The fourth-order valence-corrected chi connectivity index (χ4v) is 5.59. The second-order valence-corrected chi connectivity index (χ2v) is 10.0. The Morgan fingerprint density at radius 2 is 2.00 bits per heavy atom. The number of likely N-dealkylation sites (tertiary alicyclic amines) is 1. The number of aromatic nitrogens is 2. The molecule has 34 heavy (non-hydrogen) atoms. The van der Waals surface area contributed by atoms with E-state index in [0.717, 1.165) is 53.6 Å². The smallest absolute Gasteiger partial charge is 0.233 e. The van der Waals surface area contributed by atoms with E-state index in [0.29, 0.717) is 23.4 Å². The van der Waals surface area contributed by atoms with Gasteiger partial charge in [0.25, 0.3) is 0 Å². The predicted octanol–water partition coefficient (Wildman–Crippen LogP) is 6.09. The van der Waals surface area contributed by atoms with Gasteiger partial charge in [-0.1, -0.05) is 37.6 Å². The number of aromatic amines is 1. The minimum absolute atomic E-state index is 0.0888. The van der Waals surface area contributed by atoms with Crippen LogP contribution in [0, 0.1) is 0 Å². The van der Waals surface area contributed by atoms with Crippen molar-refractivity contribution in [1.29, 1.82) is 0 Å². The monoisotopic (exact) mass is 474 g/mol. The van der Waals surface area contributed by atoms with Crippen molar-refractivity contribution in [3.8, 4) is 11.3 Å². The van der Waals surface area contributed by atoms with Crippen LogP contribution in [-0.4, -0.2) is 47.5 Å². The Kier molecular flexibility index (Phi) is 6.32. The van der Waals surface area contributed by atoms with E-state index >= 15 is 0 Å². The number of carbonyl (C=O) groups is 1. The van der Waals surface area contributed by atoms with Crippen LogP contribution in [0.15, 0.2) is 48.7 Å². The number of hydrogen-bond acceptors (Lipinski definition) is 3. The summed E-state index contributed by atoms with van der Waals surface area (Å²) in [6, 6.07) is 15.1. The molecule has 4 aromatic rings. The Morgan fingerprint density at radius 3 is 2.74 bits per heavy atom. The zero-order valence-corrected chi connectivity index (χ0v) is 20.7. The largest absolute Gasteiger partial charge is 0.358 e. The fourth-order valence-electron chi connectivity index (χ4n) is 5.31. The SMILES string of the molecule is CNC(=O)CN1CCC(c2ccc3[nH]c(-c4cc(Cl)c5ncccc5c4)c(C(C)C)c3c2)CC1. The molecule has 1 saturated heterocycles. The van der Waals surface area contributed by atoms with Crippen LogP contribution in [0.4, 0.5) is 0 Å². The zero-order valence-electron chi connectivity index (χ0n) is 20.0. The van der Waals surface area contributed by atoms with Gasteiger partial charge in [-0.25, -0.2) is 0 Å². The number of halogens is 1. The molecule has 0 bridgehead atoms. The number of benzene rings is 2. The lowest BCUT2D eigenvalue weighted by molar-refractivity contribution is -0.122. The van der Waals surface area contributed by atoms with Crippen LogP contribution in [0.25, 0.3) is 33.1 Å². The summed E-state index contributed by atoms with van der Waals surface area (Å²) >= 11 is 6.62. The number of hydrogen-bond donors (Lipinski definition) is 2. The van der Waals surface area contributed by atoms with Crippen molar-refractivity contribution in [2.45, 2.75) is 38.5 Å². The summed E-state index contributed by atoms with van der Waals surface area (Å²) in [5.74, 6) is 0.965. The third-order valence-corrected chi connectivity index (χ3v) is 7.38. The number of piperidine rings is 1. The first-order valence-electron chi connectivity index (χ1n) is 12.1. The summed E-state index contributed by atoms with van der Waals surface area (Å²) in [5, 5.41) is 5.73. The van der Waals surface area contributed by atoms with Crippen molar-refractivity contribution in [1.82, 2.24) is 20.2 Å². The molecule has 3 heterocycles. The number of carbonyl (C=O) groups excluding carboxylic acids is 1. The van der Waals surface area contributed by atoms with E-state index in [4.69, 9.17) is 11.6 Å². The molecule has 1 aliphatic heterocycles. The molecule has 1 aliphatic rings. The average Bonchev–Trinajstić information content (AvgIpc) is 3.23. The highest BCUT2D eigenvalue weighted by Gasteiger charge is 2.24. The highest BCUT2D eigenvalue weighted by atomic mass is 35.5. The maximum atomic E-state index is 11.7. The molecule has 0 saturated carbocycles. The molecular formula is C28H31ClN4O. The number of fused-ring (bicyclic) bond motifs is 2. The van der Waals surface area contributed by atoms with Crippen molar-refractivity contribution in [3.05, 3.63) is 64.8 Å². The molecule has 0 spiro atoms. The Labute approximate surface area is 205 Å². The lowest BCUT2D eigenvalue weighted by atomic mass is 9.87. The van der Waals surface area contributed by atoms with Gasteiger partial charge in [0, 0.05) is 35.1 Å². The standard InChI is InChI=1S/C28H31ClN4O/c1-17(2)26-22-14-19(18-8-11-33(12-9-18)16-25(34)30-3)6-7-24(22)32-28(26)21-13-20-5-4-10-31-27(20)23(29)15-21/h4-7,10,13-15,17-18,32H,8-9,11-12,16H2,1-3H3,(H,30,34). The summed E-state index contributed by atoms with van der Waals surface area (Å²) in [7, 11) is 1.70. The molecule has 2 aromatic carbocycles. The van der Waals surface area contributed by atoms with Gasteiger partial charge in [0.05, 0.1) is 22.8 Å². The highest BCUT2D eigenvalue weighted by Crippen LogP contribution is 2.40. The van der Waals surface area contributed by atoms with Gasteiger partial charge >= 0.3 is 0 Å². The van der Waals surface area contributed by atoms with Gasteiger partial charge in [0.15, 0.2) is 0 Å². The molecule has 5 nitrogen and oxygen atoms in total. The van der Waals surface area contributed by atoms with E-state index < -0.39 is 0 Å². The molecule has 6 heteroatoms. The van der Waals surface area contributed by atoms with Crippen LogP contribution in [0.2, 0.25) is 5.02 Å². The van der Waals surface area contributed by atoms with Gasteiger partial charge in [-0.05, 0) is 79.2 Å². The van der Waals surface area contributed by atoms with Crippen molar-refractivity contribution < 1.29 is 4.79 Å². The number of nitrogens with one attached hydrogen (secondary N) is 2. The van der Waals surface area contributed by atoms with Gasteiger partial charge in [-0.15, -0.1) is 0 Å². The Bertz CT molecular complexity index is 1350. The van der Waals surface area contributed by atoms with Crippen LogP contribution in [0.1, 0.15) is 49.7 Å². The van der Waals surface area contributed by atoms with Gasteiger partial charge in [0.1, 0.15) is 0 Å². The third-order valence-electron chi connectivity index (χ3n) is 7.09. The number of pyridine rings is 1. The highest BCUT2D eigenvalue weighted by molar-refractivity contribution is 6.35. The summed E-state index contributed by atoms with van der Waals surface area (Å²) < 4.78 is 0. The van der Waals surface area contributed by atoms with Crippen molar-refractivity contribution in [3.63, 3.8) is 0 Å².